The molecule has 0 radical (unpaired) electrons. The average Bonchev–Trinajstić information content (AvgIpc) is 3.06. The maximum atomic E-state index is 13.1. The van der Waals surface area contributed by atoms with Crippen LogP contribution in [-0.2, 0) is 13.0 Å². The summed E-state index contributed by atoms with van der Waals surface area (Å²) in [6, 6.07) is 7.79. The van der Waals surface area contributed by atoms with Gasteiger partial charge in [0.25, 0.3) is 5.91 Å². The lowest BCUT2D eigenvalue weighted by Crippen LogP contribution is -2.35. The van der Waals surface area contributed by atoms with E-state index in [1.807, 2.05) is 43.0 Å². The number of aromatic amines is 1. The molecule has 1 aliphatic rings. The molecule has 0 fully saturated rings. The first kappa shape index (κ1) is 16.5. The number of aromatic nitrogens is 2. The summed E-state index contributed by atoms with van der Waals surface area (Å²) < 4.78 is 5.30. The fraction of sp³-hybridized carbons (Fsp3) is 0.444. The van der Waals surface area contributed by atoms with Crippen LogP contribution in [0.3, 0.4) is 0 Å². The molecule has 6 heteroatoms. The van der Waals surface area contributed by atoms with E-state index in [1.165, 1.54) is 0 Å². The van der Waals surface area contributed by atoms with Crippen molar-refractivity contribution in [2.45, 2.75) is 32.9 Å². The van der Waals surface area contributed by atoms with Gasteiger partial charge in [0, 0.05) is 37.3 Å². The van der Waals surface area contributed by atoms with Crippen LogP contribution in [0.4, 0.5) is 0 Å². The van der Waals surface area contributed by atoms with Gasteiger partial charge in [0.1, 0.15) is 5.75 Å². The van der Waals surface area contributed by atoms with Gasteiger partial charge in [0.05, 0.1) is 13.2 Å². The number of carbonyl (C=O) groups is 1. The van der Waals surface area contributed by atoms with Gasteiger partial charge >= 0.3 is 0 Å². The van der Waals surface area contributed by atoms with E-state index in [1.54, 1.807) is 7.11 Å². The maximum Gasteiger partial charge on any atom is 0.275 e. The van der Waals surface area contributed by atoms with Crippen molar-refractivity contribution in [2.75, 3.05) is 20.2 Å². The Morgan fingerprint density at radius 3 is 3.04 bits per heavy atom. The van der Waals surface area contributed by atoms with E-state index in [0.717, 1.165) is 35.5 Å². The molecule has 24 heavy (non-hydrogen) atoms. The highest BCUT2D eigenvalue weighted by molar-refractivity contribution is 5.94. The van der Waals surface area contributed by atoms with Crippen LogP contribution in [0.15, 0.2) is 24.3 Å². The number of amides is 1. The monoisotopic (exact) mass is 328 g/mol. The van der Waals surface area contributed by atoms with Crippen LogP contribution in [0, 0.1) is 0 Å². The quantitative estimate of drug-likeness (QED) is 0.883. The Kier molecular flexibility index (Phi) is 4.85. The largest absolute Gasteiger partial charge is 0.497 e. The summed E-state index contributed by atoms with van der Waals surface area (Å²) in [5.74, 6) is 0.762. The van der Waals surface area contributed by atoms with Crippen LogP contribution in [0.1, 0.15) is 47.2 Å². The number of ether oxygens (including phenoxy) is 1. The molecule has 2 aromatic rings. The van der Waals surface area contributed by atoms with Crippen molar-refractivity contribution in [3.63, 3.8) is 0 Å². The Hall–Kier alpha value is -2.34. The molecular formula is C18H24N4O2. The number of nitrogens with one attached hydrogen (secondary N) is 2. The number of hydrogen-bond donors (Lipinski definition) is 2. The molecule has 2 N–H and O–H groups in total. The van der Waals surface area contributed by atoms with Crippen LogP contribution < -0.4 is 10.1 Å². The predicted octanol–water partition coefficient (Wildman–Crippen LogP) is 2.29. The van der Waals surface area contributed by atoms with E-state index in [2.05, 4.69) is 15.5 Å². The molecule has 0 aliphatic carbocycles. The van der Waals surface area contributed by atoms with E-state index in [4.69, 9.17) is 4.74 Å². The Bertz CT molecular complexity index is 726. The molecule has 3 rings (SSSR count). The zero-order valence-electron chi connectivity index (χ0n) is 14.4. The zero-order chi connectivity index (χ0) is 17.1. The van der Waals surface area contributed by atoms with Gasteiger partial charge < -0.3 is 15.0 Å². The zero-order valence-corrected chi connectivity index (χ0v) is 14.4. The molecule has 6 nitrogen and oxygen atoms in total. The lowest BCUT2D eigenvalue weighted by molar-refractivity contribution is 0.0694. The molecule has 0 bridgehead atoms. The first-order valence-corrected chi connectivity index (χ1v) is 8.37. The van der Waals surface area contributed by atoms with Gasteiger partial charge in [-0.3, -0.25) is 9.89 Å². The van der Waals surface area contributed by atoms with Crippen molar-refractivity contribution in [1.29, 1.82) is 0 Å². The SMILES string of the molecule is CCN(C(=O)c1n[nH]c2c1CNCC2)C(C)c1cccc(OC)c1. The molecule has 1 aromatic carbocycles. The highest BCUT2D eigenvalue weighted by atomic mass is 16.5. The Morgan fingerprint density at radius 2 is 2.29 bits per heavy atom. The number of H-pyrrole nitrogens is 1. The number of methoxy groups -OCH3 is 1. The fourth-order valence-corrected chi connectivity index (χ4v) is 3.21. The summed E-state index contributed by atoms with van der Waals surface area (Å²) >= 11 is 0. The third kappa shape index (κ3) is 3.01. The Labute approximate surface area is 142 Å². The van der Waals surface area contributed by atoms with Crippen molar-refractivity contribution >= 4 is 5.91 Å². The van der Waals surface area contributed by atoms with Gasteiger partial charge in [-0.1, -0.05) is 12.1 Å². The van der Waals surface area contributed by atoms with Crippen molar-refractivity contribution in [2.24, 2.45) is 0 Å². The minimum atomic E-state index is -0.0542. The van der Waals surface area contributed by atoms with Crippen LogP contribution in [0.5, 0.6) is 5.75 Å². The smallest absolute Gasteiger partial charge is 0.275 e. The van der Waals surface area contributed by atoms with E-state index >= 15 is 0 Å². The van der Waals surface area contributed by atoms with E-state index in [9.17, 15) is 4.79 Å². The van der Waals surface area contributed by atoms with Gasteiger partial charge in [0.15, 0.2) is 5.69 Å². The lowest BCUT2D eigenvalue weighted by Gasteiger charge is -2.28. The topological polar surface area (TPSA) is 70.2 Å². The van der Waals surface area contributed by atoms with Crippen LogP contribution >= 0.6 is 0 Å². The van der Waals surface area contributed by atoms with Crippen LogP contribution in [0.2, 0.25) is 0 Å². The molecule has 1 unspecified atom stereocenters. The Balaban J connectivity index is 1.87. The molecule has 2 heterocycles. The van der Waals surface area contributed by atoms with Crippen molar-refractivity contribution in [3.8, 4) is 5.75 Å². The maximum absolute atomic E-state index is 13.1. The number of benzene rings is 1. The van der Waals surface area contributed by atoms with Crippen LogP contribution in [0.25, 0.3) is 0 Å². The summed E-state index contributed by atoms with van der Waals surface area (Å²) in [5.41, 5.74) is 3.66. The summed E-state index contributed by atoms with van der Waals surface area (Å²) in [6.07, 6.45) is 0.882. The molecule has 1 aliphatic heterocycles. The first-order chi connectivity index (χ1) is 11.7. The standard InChI is InChI=1S/C18H24N4O2/c1-4-22(12(2)13-6-5-7-14(10-13)24-3)18(23)17-15-11-19-9-8-16(15)20-21-17/h5-7,10,12,19H,4,8-9,11H2,1-3H3,(H,20,21). The predicted molar refractivity (Wildman–Crippen MR) is 92.1 cm³/mol. The van der Waals surface area contributed by atoms with Gasteiger partial charge in [-0.2, -0.15) is 5.10 Å². The van der Waals surface area contributed by atoms with E-state index in [0.29, 0.717) is 18.8 Å². The molecule has 0 saturated carbocycles. The molecule has 0 saturated heterocycles. The summed E-state index contributed by atoms with van der Waals surface area (Å²) in [4.78, 5) is 14.9. The normalized spacial score (nSPS) is 14.8. The van der Waals surface area contributed by atoms with Gasteiger partial charge in [-0.05, 0) is 31.5 Å². The second kappa shape index (κ2) is 7.05. The van der Waals surface area contributed by atoms with Crippen LogP contribution in [-0.4, -0.2) is 41.2 Å². The number of carbonyl (C=O) groups excluding carboxylic acids is 1. The minimum absolute atomic E-state index is 0.0333. The van der Waals surface area contributed by atoms with Crippen molar-refractivity contribution in [1.82, 2.24) is 20.4 Å². The van der Waals surface area contributed by atoms with Crippen molar-refractivity contribution in [3.05, 3.63) is 46.8 Å². The van der Waals surface area contributed by atoms with E-state index in [-0.39, 0.29) is 11.9 Å². The summed E-state index contributed by atoms with van der Waals surface area (Å²) in [6.45, 7) is 6.25. The van der Waals surface area contributed by atoms with Crippen molar-refractivity contribution < 1.29 is 9.53 Å². The Morgan fingerprint density at radius 1 is 1.46 bits per heavy atom. The van der Waals surface area contributed by atoms with E-state index < -0.39 is 0 Å². The molecular weight excluding hydrogens is 304 g/mol. The van der Waals surface area contributed by atoms with Gasteiger partial charge in [-0.25, -0.2) is 0 Å². The highest BCUT2D eigenvalue weighted by Gasteiger charge is 2.28. The molecule has 128 valence electrons. The third-order valence-electron chi connectivity index (χ3n) is 4.65. The number of hydrogen-bond acceptors (Lipinski definition) is 4. The minimum Gasteiger partial charge on any atom is -0.497 e. The first-order valence-electron chi connectivity index (χ1n) is 8.37. The lowest BCUT2D eigenvalue weighted by atomic mass is 10.0. The second-order valence-corrected chi connectivity index (χ2v) is 6.00. The second-order valence-electron chi connectivity index (χ2n) is 6.00. The molecule has 0 spiro atoms. The van der Waals surface area contributed by atoms with Gasteiger partial charge in [-0.15, -0.1) is 0 Å². The van der Waals surface area contributed by atoms with Gasteiger partial charge in [0.2, 0.25) is 0 Å². The molecule has 1 amide bonds. The fourth-order valence-electron chi connectivity index (χ4n) is 3.21. The molecule has 1 atom stereocenters. The number of fused-ring (bicyclic) bond motifs is 1. The highest BCUT2D eigenvalue weighted by Crippen LogP contribution is 2.26. The summed E-state index contributed by atoms with van der Waals surface area (Å²) in [5, 5.41) is 10.6. The number of nitrogens with zero attached hydrogens (tertiary/aromatic N) is 2. The summed E-state index contributed by atoms with van der Waals surface area (Å²) in [7, 11) is 1.65. The third-order valence-corrected chi connectivity index (χ3v) is 4.65. The number of rotatable bonds is 5. The average molecular weight is 328 g/mol. The molecule has 1 aromatic heterocycles.